The van der Waals surface area contributed by atoms with Crippen molar-refractivity contribution in [2.24, 2.45) is 0 Å². The quantitative estimate of drug-likeness (QED) is 0.782. The van der Waals surface area contributed by atoms with E-state index in [-0.39, 0.29) is 11.7 Å². The maximum absolute atomic E-state index is 12.4. The van der Waals surface area contributed by atoms with Gasteiger partial charge in [0.15, 0.2) is 10.9 Å². The number of hydrogen-bond acceptors (Lipinski definition) is 5. The van der Waals surface area contributed by atoms with Gasteiger partial charge in [0.05, 0.1) is 16.9 Å². The van der Waals surface area contributed by atoms with Crippen LogP contribution in [0.3, 0.4) is 0 Å². The van der Waals surface area contributed by atoms with E-state index in [0.29, 0.717) is 28.5 Å². The number of Topliss-reactive ketones (excluding diaryl/α,β-unsaturated/α-hetero) is 1. The molecule has 126 valence electrons. The Bertz CT molecular complexity index is 913. The predicted octanol–water partition coefficient (Wildman–Crippen LogP) is 3.16. The first kappa shape index (κ1) is 15.7. The first-order valence-electron chi connectivity index (χ1n) is 8.08. The van der Waals surface area contributed by atoms with Crippen LogP contribution in [-0.4, -0.2) is 26.2 Å². The Hall–Kier alpha value is -2.80. The summed E-state index contributed by atoms with van der Waals surface area (Å²) in [6.07, 6.45) is 7.59. The number of amides is 1. The number of aromatic nitrogens is 3. The van der Waals surface area contributed by atoms with Crippen molar-refractivity contribution in [1.29, 1.82) is 0 Å². The summed E-state index contributed by atoms with van der Waals surface area (Å²) in [6, 6.07) is 7.43. The largest absolute Gasteiger partial charge is 0.333 e. The summed E-state index contributed by atoms with van der Waals surface area (Å²) >= 11 is 1.27. The van der Waals surface area contributed by atoms with Gasteiger partial charge in [-0.3, -0.25) is 14.9 Å². The average Bonchev–Trinajstić information content (AvgIpc) is 3.25. The predicted molar refractivity (Wildman–Crippen MR) is 95.1 cm³/mol. The normalized spacial score (nSPS) is 13.5. The molecule has 0 fully saturated rings. The van der Waals surface area contributed by atoms with Crippen LogP contribution in [0.2, 0.25) is 0 Å². The molecule has 7 heteroatoms. The number of thiazole rings is 1. The van der Waals surface area contributed by atoms with Crippen molar-refractivity contribution in [3.63, 3.8) is 0 Å². The molecule has 0 unspecified atom stereocenters. The Kier molecular flexibility index (Phi) is 4.15. The number of carbonyl (C=O) groups excluding carboxylic acids is 2. The second-order valence-electron chi connectivity index (χ2n) is 5.96. The van der Waals surface area contributed by atoms with Gasteiger partial charge in [0.1, 0.15) is 0 Å². The monoisotopic (exact) mass is 352 g/mol. The molecule has 0 bridgehead atoms. The summed E-state index contributed by atoms with van der Waals surface area (Å²) in [6.45, 7) is 0.712. The molecular formula is C18H16N4O2S. The molecule has 0 atom stereocenters. The zero-order valence-electron chi connectivity index (χ0n) is 13.4. The van der Waals surface area contributed by atoms with Crippen LogP contribution in [0.4, 0.5) is 5.13 Å². The van der Waals surface area contributed by atoms with Gasteiger partial charge >= 0.3 is 0 Å². The molecule has 1 aliphatic rings. The molecular weight excluding hydrogens is 336 g/mol. The molecule has 2 heterocycles. The number of nitrogens with zero attached hydrogens (tertiary/aromatic N) is 3. The summed E-state index contributed by atoms with van der Waals surface area (Å²) < 4.78 is 1.96. The highest BCUT2D eigenvalue weighted by atomic mass is 32.1. The molecule has 3 aromatic rings. The number of hydrogen-bond donors (Lipinski definition) is 1. The third-order valence-corrected chi connectivity index (χ3v) is 5.18. The highest BCUT2D eigenvalue weighted by Gasteiger charge is 2.22. The fraction of sp³-hybridized carbons (Fsp3) is 0.222. The Morgan fingerprint density at radius 2 is 2.08 bits per heavy atom. The number of nitrogens with one attached hydrogen (secondary N) is 1. The Morgan fingerprint density at radius 3 is 2.80 bits per heavy atom. The minimum atomic E-state index is -0.215. The lowest BCUT2D eigenvalue weighted by Crippen LogP contribution is -2.12. The third-order valence-electron chi connectivity index (χ3n) is 4.13. The van der Waals surface area contributed by atoms with Crippen molar-refractivity contribution in [3.8, 4) is 0 Å². The van der Waals surface area contributed by atoms with E-state index in [4.69, 9.17) is 0 Å². The minimum Gasteiger partial charge on any atom is -0.333 e. The van der Waals surface area contributed by atoms with Gasteiger partial charge in [-0.25, -0.2) is 9.97 Å². The average molecular weight is 352 g/mol. The topological polar surface area (TPSA) is 76.9 Å². The van der Waals surface area contributed by atoms with E-state index in [1.165, 1.54) is 11.3 Å². The van der Waals surface area contributed by atoms with Crippen LogP contribution in [0.15, 0.2) is 43.0 Å². The van der Waals surface area contributed by atoms with E-state index in [1.54, 1.807) is 24.7 Å². The van der Waals surface area contributed by atoms with Crippen molar-refractivity contribution in [1.82, 2.24) is 14.5 Å². The van der Waals surface area contributed by atoms with Crippen LogP contribution >= 0.6 is 11.3 Å². The number of imidazole rings is 1. The van der Waals surface area contributed by atoms with Crippen LogP contribution < -0.4 is 5.32 Å². The number of ketones is 1. The Labute approximate surface area is 148 Å². The van der Waals surface area contributed by atoms with Gasteiger partial charge in [-0.1, -0.05) is 23.5 Å². The van der Waals surface area contributed by atoms with Crippen LogP contribution in [-0.2, 0) is 13.0 Å². The SMILES string of the molecule is O=C(Nc1nc2c(s1)C(=O)CCC2)c1ccc(Cn2ccnc2)cc1. The second kappa shape index (κ2) is 6.60. The van der Waals surface area contributed by atoms with Crippen LogP contribution in [0, 0.1) is 0 Å². The van der Waals surface area contributed by atoms with E-state index < -0.39 is 0 Å². The van der Waals surface area contributed by atoms with Gasteiger partial charge < -0.3 is 4.57 Å². The van der Waals surface area contributed by atoms with Gasteiger partial charge in [-0.15, -0.1) is 0 Å². The van der Waals surface area contributed by atoms with Crippen molar-refractivity contribution < 1.29 is 9.59 Å². The van der Waals surface area contributed by atoms with Gasteiger partial charge in [0.25, 0.3) is 5.91 Å². The summed E-state index contributed by atoms with van der Waals surface area (Å²) in [5, 5.41) is 3.30. The van der Waals surface area contributed by atoms with Gasteiger partial charge in [0.2, 0.25) is 0 Å². The number of aryl methyl sites for hydroxylation is 1. The zero-order valence-corrected chi connectivity index (χ0v) is 14.3. The van der Waals surface area contributed by atoms with E-state index >= 15 is 0 Å². The smallest absolute Gasteiger partial charge is 0.257 e. The van der Waals surface area contributed by atoms with E-state index in [0.717, 1.165) is 24.1 Å². The molecule has 1 N–H and O–H groups in total. The van der Waals surface area contributed by atoms with Gasteiger partial charge in [0, 0.05) is 30.9 Å². The molecule has 25 heavy (non-hydrogen) atoms. The van der Waals surface area contributed by atoms with Crippen molar-refractivity contribution in [2.45, 2.75) is 25.8 Å². The van der Waals surface area contributed by atoms with E-state index in [1.807, 2.05) is 22.9 Å². The number of anilines is 1. The molecule has 4 rings (SSSR count). The van der Waals surface area contributed by atoms with Crippen LogP contribution in [0.5, 0.6) is 0 Å². The molecule has 6 nitrogen and oxygen atoms in total. The molecule has 0 radical (unpaired) electrons. The summed E-state index contributed by atoms with van der Waals surface area (Å²) in [5.74, 6) is -0.0872. The molecule has 1 aromatic carbocycles. The summed E-state index contributed by atoms with van der Waals surface area (Å²) in [4.78, 5) is 33.4. The highest BCUT2D eigenvalue weighted by Crippen LogP contribution is 2.29. The summed E-state index contributed by atoms with van der Waals surface area (Å²) in [7, 11) is 0. The van der Waals surface area contributed by atoms with E-state index in [9.17, 15) is 9.59 Å². The molecule has 2 aromatic heterocycles. The molecule has 0 saturated carbocycles. The highest BCUT2D eigenvalue weighted by molar-refractivity contribution is 7.17. The van der Waals surface area contributed by atoms with Crippen LogP contribution in [0.1, 0.15) is 44.1 Å². The molecule has 0 spiro atoms. The lowest BCUT2D eigenvalue weighted by molar-refractivity contribution is 0.0975. The standard InChI is InChI=1S/C18H16N4O2S/c23-15-3-1-2-14-16(15)25-18(20-14)21-17(24)13-6-4-12(5-7-13)10-22-9-8-19-11-22/h4-9,11H,1-3,10H2,(H,20,21,24). The third kappa shape index (κ3) is 3.36. The molecule has 0 aliphatic heterocycles. The van der Waals surface area contributed by atoms with Crippen molar-refractivity contribution >= 4 is 28.2 Å². The first-order valence-corrected chi connectivity index (χ1v) is 8.89. The lowest BCUT2D eigenvalue weighted by Gasteiger charge is -2.05. The van der Waals surface area contributed by atoms with Gasteiger partial charge in [-0.05, 0) is 30.5 Å². The lowest BCUT2D eigenvalue weighted by atomic mass is 10.0. The fourth-order valence-corrected chi connectivity index (χ4v) is 3.82. The second-order valence-corrected chi connectivity index (χ2v) is 6.96. The fourth-order valence-electron chi connectivity index (χ4n) is 2.84. The van der Waals surface area contributed by atoms with Crippen LogP contribution in [0.25, 0.3) is 0 Å². The van der Waals surface area contributed by atoms with Crippen molar-refractivity contribution in [3.05, 3.63) is 64.7 Å². The first-order chi connectivity index (χ1) is 12.2. The minimum absolute atomic E-state index is 0.128. The maximum Gasteiger partial charge on any atom is 0.257 e. The number of fused-ring (bicyclic) bond motifs is 1. The molecule has 0 saturated heterocycles. The molecule has 1 amide bonds. The maximum atomic E-state index is 12.4. The van der Waals surface area contributed by atoms with Gasteiger partial charge in [-0.2, -0.15) is 0 Å². The Balaban J connectivity index is 1.45. The number of benzene rings is 1. The summed E-state index contributed by atoms with van der Waals surface area (Å²) in [5.41, 5.74) is 2.46. The number of carbonyl (C=O) groups is 2. The zero-order chi connectivity index (χ0) is 17.2. The van der Waals surface area contributed by atoms with Crippen molar-refractivity contribution in [2.75, 3.05) is 5.32 Å². The molecule has 1 aliphatic carbocycles. The number of rotatable bonds is 4. The Morgan fingerprint density at radius 1 is 1.24 bits per heavy atom. The van der Waals surface area contributed by atoms with E-state index in [2.05, 4.69) is 15.3 Å².